The molecule has 1 unspecified atom stereocenters. The third-order valence-electron chi connectivity index (χ3n) is 3.56. The molecular weight excluding hydrogens is 260 g/mol. The Morgan fingerprint density at radius 3 is 2.10 bits per heavy atom. The average Bonchev–Trinajstić information content (AvgIpc) is 2.38. The Hall–Kier alpha value is -1.38. The summed E-state index contributed by atoms with van der Waals surface area (Å²) in [6.45, 7) is 8.98. The van der Waals surface area contributed by atoms with Crippen molar-refractivity contribution in [1.29, 1.82) is 0 Å². The van der Waals surface area contributed by atoms with Gasteiger partial charge in [0.2, 0.25) is 0 Å². The highest BCUT2D eigenvalue weighted by atomic mass is 28.3. The topological polar surface area (TPSA) is 20.2 Å². The van der Waals surface area contributed by atoms with Gasteiger partial charge in [0, 0.05) is 8.07 Å². The van der Waals surface area contributed by atoms with Crippen molar-refractivity contribution in [2.24, 2.45) is 0 Å². The fraction of sp³-hybridized carbons (Fsp3) is 0.333. The van der Waals surface area contributed by atoms with E-state index >= 15 is 0 Å². The van der Waals surface area contributed by atoms with Gasteiger partial charge in [-0.3, -0.25) is 0 Å². The lowest BCUT2D eigenvalue weighted by molar-refractivity contribution is 0.102. The molecule has 0 aliphatic heterocycles. The summed E-state index contributed by atoms with van der Waals surface area (Å²) in [6.07, 6.45) is 0. The molecule has 0 bridgehead atoms. The number of benzene rings is 2. The predicted octanol–water partition coefficient (Wildman–Crippen LogP) is 4.36. The quantitative estimate of drug-likeness (QED) is 0.827. The molecule has 2 aromatic carbocycles. The Labute approximate surface area is 123 Å². The Morgan fingerprint density at radius 1 is 0.900 bits per heavy atom. The van der Waals surface area contributed by atoms with Crippen LogP contribution in [-0.2, 0) is 11.6 Å². The number of hydrogen-bond acceptors (Lipinski definition) is 1. The monoisotopic (exact) mass is 284 g/mol. The zero-order valence-electron chi connectivity index (χ0n) is 12.9. The Morgan fingerprint density at radius 2 is 1.50 bits per heavy atom. The molecule has 0 saturated carbocycles. The number of hydrogen-bond donors (Lipinski definition) is 1. The Balaban J connectivity index is 2.35. The first kappa shape index (κ1) is 15.0. The molecule has 0 aromatic heterocycles. The minimum absolute atomic E-state index is 0.934. The van der Waals surface area contributed by atoms with Crippen molar-refractivity contribution in [2.75, 3.05) is 0 Å². The van der Waals surface area contributed by atoms with Crippen molar-refractivity contribution in [3.8, 4) is 0 Å². The van der Waals surface area contributed by atoms with Crippen LogP contribution in [0.25, 0.3) is 0 Å². The van der Waals surface area contributed by atoms with Gasteiger partial charge < -0.3 is 5.11 Å². The standard InChI is InChI=1S/C18H24OSi/c1-18(19,16-10-6-5-7-11-16)17-12-8-9-15(13-17)14-20(2,3)4/h5-13,19H,14H2,1-4H3. The van der Waals surface area contributed by atoms with Crippen LogP contribution in [0.4, 0.5) is 0 Å². The highest BCUT2D eigenvalue weighted by Crippen LogP contribution is 2.29. The van der Waals surface area contributed by atoms with Crippen LogP contribution in [0.2, 0.25) is 19.6 Å². The molecule has 1 N–H and O–H groups in total. The molecule has 0 radical (unpaired) electrons. The fourth-order valence-corrected chi connectivity index (χ4v) is 3.97. The largest absolute Gasteiger partial charge is 0.381 e. The van der Waals surface area contributed by atoms with E-state index in [-0.39, 0.29) is 0 Å². The lowest BCUT2D eigenvalue weighted by Gasteiger charge is -2.26. The smallest absolute Gasteiger partial charge is 0.112 e. The van der Waals surface area contributed by atoms with Gasteiger partial charge in [-0.25, -0.2) is 0 Å². The van der Waals surface area contributed by atoms with Gasteiger partial charge in [-0.15, -0.1) is 0 Å². The second kappa shape index (κ2) is 5.55. The van der Waals surface area contributed by atoms with E-state index in [0.717, 1.165) is 17.2 Å². The van der Waals surface area contributed by atoms with E-state index < -0.39 is 13.7 Å². The van der Waals surface area contributed by atoms with Crippen molar-refractivity contribution in [3.05, 3.63) is 71.3 Å². The molecule has 20 heavy (non-hydrogen) atoms. The van der Waals surface area contributed by atoms with Gasteiger partial charge in [-0.2, -0.15) is 0 Å². The summed E-state index contributed by atoms with van der Waals surface area (Å²) in [5.74, 6) is 0. The van der Waals surface area contributed by atoms with Gasteiger partial charge in [-0.1, -0.05) is 79.8 Å². The molecule has 0 heterocycles. The zero-order valence-corrected chi connectivity index (χ0v) is 13.9. The highest BCUT2D eigenvalue weighted by molar-refractivity contribution is 6.75. The van der Waals surface area contributed by atoms with Crippen molar-refractivity contribution >= 4 is 8.07 Å². The van der Waals surface area contributed by atoms with E-state index in [9.17, 15) is 5.11 Å². The SMILES string of the molecule is CC(O)(c1ccccc1)c1cccc(C[Si](C)(C)C)c1. The Bertz CT molecular complexity index is 567. The first-order valence-electron chi connectivity index (χ1n) is 7.16. The molecule has 0 saturated heterocycles. The number of aliphatic hydroxyl groups is 1. The molecule has 1 atom stereocenters. The van der Waals surface area contributed by atoms with Crippen LogP contribution >= 0.6 is 0 Å². The third kappa shape index (κ3) is 3.59. The summed E-state index contributed by atoms with van der Waals surface area (Å²) in [7, 11) is -1.14. The lowest BCUT2D eigenvalue weighted by atomic mass is 9.87. The van der Waals surface area contributed by atoms with Crippen molar-refractivity contribution in [3.63, 3.8) is 0 Å². The molecule has 0 fully saturated rings. The first-order chi connectivity index (χ1) is 9.29. The summed E-state index contributed by atoms with van der Waals surface area (Å²) in [6, 6.07) is 19.4. The van der Waals surface area contributed by atoms with Crippen molar-refractivity contribution in [1.82, 2.24) is 0 Å². The molecule has 0 aliphatic rings. The molecule has 2 heteroatoms. The van der Waals surface area contributed by atoms with Gasteiger partial charge in [0.25, 0.3) is 0 Å². The second-order valence-electron chi connectivity index (χ2n) is 6.88. The molecule has 0 amide bonds. The van der Waals surface area contributed by atoms with Crippen LogP contribution in [0, 0.1) is 0 Å². The maximum absolute atomic E-state index is 10.9. The van der Waals surface area contributed by atoms with Gasteiger partial charge in [0.05, 0.1) is 0 Å². The highest BCUT2D eigenvalue weighted by Gasteiger charge is 2.26. The molecule has 2 aromatic rings. The molecular formula is C18H24OSi. The van der Waals surface area contributed by atoms with Crippen LogP contribution in [-0.4, -0.2) is 13.2 Å². The average molecular weight is 284 g/mol. The van der Waals surface area contributed by atoms with E-state index in [1.54, 1.807) is 0 Å². The second-order valence-corrected chi connectivity index (χ2v) is 12.4. The van der Waals surface area contributed by atoms with E-state index in [4.69, 9.17) is 0 Å². The third-order valence-corrected chi connectivity index (χ3v) is 5.03. The van der Waals surface area contributed by atoms with Crippen LogP contribution < -0.4 is 0 Å². The molecule has 0 aliphatic carbocycles. The molecule has 0 spiro atoms. The van der Waals surface area contributed by atoms with E-state index in [1.807, 2.05) is 43.3 Å². The molecule has 1 nitrogen and oxygen atoms in total. The normalized spacial score (nSPS) is 14.8. The van der Waals surface area contributed by atoms with Crippen LogP contribution in [0.15, 0.2) is 54.6 Å². The molecule has 2 rings (SSSR count). The van der Waals surface area contributed by atoms with Gasteiger partial charge in [0.1, 0.15) is 5.60 Å². The van der Waals surface area contributed by atoms with Crippen molar-refractivity contribution in [2.45, 2.75) is 38.2 Å². The molecule has 106 valence electrons. The summed E-state index contributed by atoms with van der Waals surface area (Å²) in [4.78, 5) is 0. The number of rotatable bonds is 4. The maximum atomic E-state index is 10.9. The minimum atomic E-state index is -1.14. The predicted molar refractivity (Wildman–Crippen MR) is 88.6 cm³/mol. The van der Waals surface area contributed by atoms with Gasteiger partial charge in [-0.05, 0) is 24.1 Å². The van der Waals surface area contributed by atoms with Crippen LogP contribution in [0.3, 0.4) is 0 Å². The lowest BCUT2D eigenvalue weighted by Crippen LogP contribution is -2.25. The minimum Gasteiger partial charge on any atom is -0.381 e. The Kier molecular flexibility index (Phi) is 4.16. The van der Waals surface area contributed by atoms with Gasteiger partial charge in [0.15, 0.2) is 0 Å². The van der Waals surface area contributed by atoms with Crippen LogP contribution in [0.5, 0.6) is 0 Å². The first-order valence-corrected chi connectivity index (χ1v) is 10.9. The summed E-state index contributed by atoms with van der Waals surface area (Å²) in [5.41, 5.74) is 2.30. The van der Waals surface area contributed by atoms with Crippen LogP contribution in [0.1, 0.15) is 23.6 Å². The van der Waals surface area contributed by atoms with E-state index in [0.29, 0.717) is 0 Å². The summed E-state index contributed by atoms with van der Waals surface area (Å²) in [5, 5.41) is 10.9. The van der Waals surface area contributed by atoms with Crippen molar-refractivity contribution < 1.29 is 5.11 Å². The summed E-state index contributed by atoms with van der Waals surface area (Å²) < 4.78 is 0. The fourth-order valence-electron chi connectivity index (χ4n) is 2.53. The zero-order chi connectivity index (χ0) is 14.8. The van der Waals surface area contributed by atoms with Gasteiger partial charge >= 0.3 is 0 Å². The maximum Gasteiger partial charge on any atom is 0.112 e. The summed E-state index contributed by atoms with van der Waals surface area (Å²) >= 11 is 0. The van der Waals surface area contributed by atoms with E-state index in [2.05, 4.69) is 37.8 Å². The van der Waals surface area contributed by atoms with E-state index in [1.165, 1.54) is 5.56 Å².